The first-order valence-corrected chi connectivity index (χ1v) is 11.4. The summed E-state index contributed by atoms with van der Waals surface area (Å²) in [5.74, 6) is -1.26. The van der Waals surface area contributed by atoms with Crippen molar-refractivity contribution < 1.29 is 32.6 Å². The van der Waals surface area contributed by atoms with Gasteiger partial charge in [-0.05, 0) is 30.2 Å². The van der Waals surface area contributed by atoms with Crippen LogP contribution in [0.4, 0.5) is 19.0 Å². The van der Waals surface area contributed by atoms with Gasteiger partial charge in [0.1, 0.15) is 5.75 Å². The third-order valence-corrected chi connectivity index (χ3v) is 5.97. The molecule has 2 aliphatic heterocycles. The minimum Gasteiger partial charge on any atom is -0.492 e. The van der Waals surface area contributed by atoms with E-state index in [1.54, 1.807) is 0 Å². The number of halogens is 3. The molecule has 1 saturated heterocycles. The number of hydrogen-bond acceptors (Lipinski definition) is 5. The average Bonchev–Trinajstić information content (AvgIpc) is 3.60. The number of H-pyrrole nitrogens is 1. The smallest absolute Gasteiger partial charge is 0.490 e. The van der Waals surface area contributed by atoms with Crippen molar-refractivity contribution in [3.63, 3.8) is 0 Å². The van der Waals surface area contributed by atoms with Crippen molar-refractivity contribution in [3.05, 3.63) is 65.7 Å². The number of alkyl halides is 3. The second-order valence-electron chi connectivity index (χ2n) is 8.56. The Morgan fingerprint density at radius 3 is 2.64 bits per heavy atom. The Labute approximate surface area is 205 Å². The van der Waals surface area contributed by atoms with Gasteiger partial charge in [-0.2, -0.15) is 18.3 Å². The molecule has 1 atom stereocenters. The van der Waals surface area contributed by atoms with E-state index < -0.39 is 12.1 Å². The van der Waals surface area contributed by atoms with Gasteiger partial charge < -0.3 is 15.2 Å². The zero-order chi connectivity index (χ0) is 25.7. The van der Waals surface area contributed by atoms with Gasteiger partial charge in [-0.3, -0.25) is 14.8 Å². The first-order chi connectivity index (χ1) is 17.2. The standard InChI is InChI=1S/C23H24N4O2.C2HF3O2/c28-23(18-9-11-27(15-18)14-16-5-2-1-3-6-16)24-21-13-20(25-26-21)19-8-4-7-17-10-12-29-22(17)19;3-2(4,5)1(6)7/h1-8,13,18H,9-12,14-15H2,(H2,24,25,26,28);(H,6,7). The van der Waals surface area contributed by atoms with E-state index in [2.05, 4.69) is 50.7 Å². The molecule has 1 amide bonds. The number of nitrogens with zero attached hydrogens (tertiary/aromatic N) is 2. The van der Waals surface area contributed by atoms with Crippen LogP contribution in [0, 0.1) is 5.92 Å². The molecule has 3 aromatic rings. The average molecular weight is 502 g/mol. The lowest BCUT2D eigenvalue weighted by Gasteiger charge is -2.15. The van der Waals surface area contributed by atoms with E-state index in [4.69, 9.17) is 14.6 Å². The van der Waals surface area contributed by atoms with Crippen molar-refractivity contribution in [1.82, 2.24) is 15.1 Å². The highest BCUT2D eigenvalue weighted by molar-refractivity contribution is 5.92. The van der Waals surface area contributed by atoms with Crippen LogP contribution in [0.15, 0.2) is 54.6 Å². The summed E-state index contributed by atoms with van der Waals surface area (Å²) in [4.78, 5) is 24.0. The van der Waals surface area contributed by atoms with E-state index >= 15 is 0 Å². The lowest BCUT2D eigenvalue weighted by Crippen LogP contribution is -2.27. The number of para-hydroxylation sites is 1. The number of carbonyl (C=O) groups excluding carboxylic acids is 1. The number of carboxylic acids is 1. The van der Waals surface area contributed by atoms with Gasteiger partial charge in [-0.1, -0.05) is 42.5 Å². The highest BCUT2D eigenvalue weighted by Gasteiger charge is 2.38. The summed E-state index contributed by atoms with van der Waals surface area (Å²) in [7, 11) is 0. The van der Waals surface area contributed by atoms with Crippen molar-refractivity contribution in [3.8, 4) is 17.0 Å². The molecule has 0 aliphatic carbocycles. The van der Waals surface area contributed by atoms with Crippen LogP contribution in [0.25, 0.3) is 11.3 Å². The van der Waals surface area contributed by atoms with Gasteiger partial charge in [0.05, 0.1) is 18.2 Å². The number of hydrogen-bond donors (Lipinski definition) is 3. The Morgan fingerprint density at radius 1 is 1.17 bits per heavy atom. The predicted molar refractivity (Wildman–Crippen MR) is 125 cm³/mol. The number of ether oxygens (including phenoxy) is 1. The molecule has 2 aromatic carbocycles. The number of rotatable bonds is 5. The van der Waals surface area contributed by atoms with E-state index in [1.165, 1.54) is 11.1 Å². The summed E-state index contributed by atoms with van der Waals surface area (Å²) < 4.78 is 37.5. The minimum absolute atomic E-state index is 0.0110. The Balaban J connectivity index is 0.000000384. The Bertz CT molecular complexity index is 1210. The van der Waals surface area contributed by atoms with E-state index in [0.29, 0.717) is 12.4 Å². The quantitative estimate of drug-likeness (QED) is 0.485. The van der Waals surface area contributed by atoms with E-state index in [1.807, 2.05) is 24.3 Å². The van der Waals surface area contributed by atoms with Crippen molar-refractivity contribution in [2.24, 2.45) is 5.92 Å². The Kier molecular flexibility index (Phi) is 7.58. The molecule has 36 heavy (non-hydrogen) atoms. The first-order valence-electron chi connectivity index (χ1n) is 11.4. The molecule has 0 bridgehead atoms. The number of nitrogens with one attached hydrogen (secondary N) is 2. The fourth-order valence-electron chi connectivity index (χ4n) is 4.21. The molecular weight excluding hydrogens is 477 g/mol. The summed E-state index contributed by atoms with van der Waals surface area (Å²) >= 11 is 0. The number of aromatic nitrogens is 2. The molecule has 190 valence electrons. The van der Waals surface area contributed by atoms with Gasteiger partial charge in [0, 0.05) is 31.1 Å². The monoisotopic (exact) mass is 502 g/mol. The number of fused-ring (bicyclic) bond motifs is 1. The molecule has 8 nitrogen and oxygen atoms in total. The molecule has 1 unspecified atom stereocenters. The van der Waals surface area contributed by atoms with Gasteiger partial charge in [0.25, 0.3) is 0 Å². The zero-order valence-corrected chi connectivity index (χ0v) is 19.2. The number of carbonyl (C=O) groups is 2. The zero-order valence-electron chi connectivity index (χ0n) is 19.2. The maximum absolute atomic E-state index is 12.7. The normalized spacial score (nSPS) is 17.0. The number of likely N-dealkylation sites (tertiary alicyclic amines) is 1. The molecule has 1 fully saturated rings. The largest absolute Gasteiger partial charge is 0.492 e. The third kappa shape index (κ3) is 6.22. The first kappa shape index (κ1) is 25.2. The van der Waals surface area contributed by atoms with Crippen LogP contribution in [0.3, 0.4) is 0 Å². The van der Waals surface area contributed by atoms with E-state index in [0.717, 1.165) is 49.5 Å². The van der Waals surface area contributed by atoms with Crippen LogP contribution in [0.5, 0.6) is 5.75 Å². The summed E-state index contributed by atoms with van der Waals surface area (Å²) in [6.07, 6.45) is -3.28. The SMILES string of the molecule is O=C(Nc1cc(-c2cccc3c2OCC3)[nH]n1)C1CCN(Cc2ccccc2)C1.O=C(O)C(F)(F)F. The minimum atomic E-state index is -5.08. The molecule has 5 rings (SSSR count). The lowest BCUT2D eigenvalue weighted by atomic mass is 10.1. The summed E-state index contributed by atoms with van der Waals surface area (Å²) in [6.45, 7) is 3.31. The molecule has 2 aliphatic rings. The van der Waals surface area contributed by atoms with Crippen LogP contribution in [0.2, 0.25) is 0 Å². The van der Waals surface area contributed by atoms with Gasteiger partial charge in [-0.25, -0.2) is 4.79 Å². The van der Waals surface area contributed by atoms with Crippen LogP contribution in [-0.2, 0) is 22.6 Å². The molecule has 0 spiro atoms. The van der Waals surface area contributed by atoms with Crippen LogP contribution in [-0.4, -0.2) is 58.0 Å². The number of benzene rings is 2. The van der Waals surface area contributed by atoms with Crippen molar-refractivity contribution >= 4 is 17.7 Å². The molecule has 3 heterocycles. The second-order valence-corrected chi connectivity index (χ2v) is 8.56. The lowest BCUT2D eigenvalue weighted by molar-refractivity contribution is -0.192. The molecular formula is C25H25F3N4O4. The third-order valence-electron chi connectivity index (χ3n) is 5.97. The summed E-state index contributed by atoms with van der Waals surface area (Å²) in [6, 6.07) is 18.4. The van der Waals surface area contributed by atoms with Gasteiger partial charge in [0.15, 0.2) is 5.82 Å². The van der Waals surface area contributed by atoms with E-state index in [9.17, 15) is 18.0 Å². The van der Waals surface area contributed by atoms with Crippen molar-refractivity contribution in [2.45, 2.75) is 25.6 Å². The van der Waals surface area contributed by atoms with E-state index in [-0.39, 0.29) is 11.8 Å². The predicted octanol–water partition coefficient (Wildman–Crippen LogP) is 4.11. The molecule has 11 heteroatoms. The maximum atomic E-state index is 12.7. The number of aromatic amines is 1. The van der Waals surface area contributed by atoms with Gasteiger partial charge >= 0.3 is 12.1 Å². The molecule has 1 aromatic heterocycles. The summed E-state index contributed by atoms with van der Waals surface area (Å²) in [5.41, 5.74) is 4.34. The van der Waals surface area contributed by atoms with Crippen molar-refractivity contribution in [1.29, 1.82) is 0 Å². The number of aliphatic carboxylic acids is 1. The summed E-state index contributed by atoms with van der Waals surface area (Å²) in [5, 5.41) is 17.4. The van der Waals surface area contributed by atoms with Gasteiger partial charge in [0.2, 0.25) is 5.91 Å². The maximum Gasteiger partial charge on any atom is 0.490 e. The molecule has 0 saturated carbocycles. The number of carboxylic acid groups (broad SMARTS) is 1. The van der Waals surface area contributed by atoms with Crippen molar-refractivity contribution in [2.75, 3.05) is 25.0 Å². The fourth-order valence-corrected chi connectivity index (χ4v) is 4.21. The fraction of sp³-hybridized carbons (Fsp3) is 0.320. The van der Waals surface area contributed by atoms with Crippen LogP contribution in [0.1, 0.15) is 17.5 Å². The Morgan fingerprint density at radius 2 is 1.92 bits per heavy atom. The van der Waals surface area contributed by atoms with Crippen LogP contribution < -0.4 is 10.1 Å². The highest BCUT2D eigenvalue weighted by atomic mass is 19.4. The topological polar surface area (TPSA) is 108 Å². The van der Waals surface area contributed by atoms with Gasteiger partial charge in [-0.15, -0.1) is 0 Å². The number of amides is 1. The molecule has 0 radical (unpaired) electrons. The second kappa shape index (κ2) is 10.8. The Hall–Kier alpha value is -3.86. The molecule has 3 N–H and O–H groups in total. The highest BCUT2D eigenvalue weighted by Crippen LogP contribution is 2.36. The number of anilines is 1. The van der Waals surface area contributed by atoms with Crippen LogP contribution >= 0.6 is 0 Å².